The maximum Gasteiger partial charge on any atom is 0.124 e. The standard InChI is InChI=1S/C14H21BrN2O.2ClH/c1-3-12(17-8-6-16-7-9-17)13-11(15)5-4-10(2)14(13)18;;/h4-5,12,16,18H,3,6-9H2,1-2H3;2*1H/t12-;;/m1../s1. The molecule has 20 heavy (non-hydrogen) atoms. The number of halogens is 3. The molecule has 1 fully saturated rings. The molecule has 0 bridgehead atoms. The Hall–Kier alpha value is -0.000000000000000111. The molecule has 1 heterocycles. The second-order valence-corrected chi connectivity index (χ2v) is 5.69. The van der Waals surface area contributed by atoms with Crippen molar-refractivity contribution in [2.45, 2.75) is 26.3 Å². The van der Waals surface area contributed by atoms with Gasteiger partial charge in [-0.2, -0.15) is 0 Å². The Balaban J connectivity index is 0.00000180. The van der Waals surface area contributed by atoms with Crippen molar-refractivity contribution in [3.05, 3.63) is 27.7 Å². The van der Waals surface area contributed by atoms with Crippen molar-refractivity contribution < 1.29 is 5.11 Å². The van der Waals surface area contributed by atoms with E-state index in [9.17, 15) is 5.11 Å². The van der Waals surface area contributed by atoms with Gasteiger partial charge in [0.25, 0.3) is 0 Å². The molecule has 0 saturated carbocycles. The second kappa shape index (κ2) is 9.11. The number of piperazine rings is 1. The highest BCUT2D eigenvalue weighted by molar-refractivity contribution is 9.10. The molecular weight excluding hydrogens is 363 g/mol. The fraction of sp³-hybridized carbons (Fsp3) is 0.571. The lowest BCUT2D eigenvalue weighted by Gasteiger charge is -2.35. The predicted octanol–water partition coefficient (Wildman–Crippen LogP) is 3.66. The average molecular weight is 386 g/mol. The zero-order valence-electron chi connectivity index (χ0n) is 11.9. The summed E-state index contributed by atoms with van der Waals surface area (Å²) in [5, 5.41) is 13.7. The zero-order chi connectivity index (χ0) is 13.1. The number of hydrogen-bond donors (Lipinski definition) is 2. The van der Waals surface area contributed by atoms with E-state index >= 15 is 0 Å². The second-order valence-electron chi connectivity index (χ2n) is 4.84. The average Bonchev–Trinajstić information content (AvgIpc) is 2.40. The van der Waals surface area contributed by atoms with E-state index in [1.807, 2.05) is 19.1 Å². The van der Waals surface area contributed by atoms with E-state index in [0.29, 0.717) is 11.8 Å². The summed E-state index contributed by atoms with van der Waals surface area (Å²) in [6, 6.07) is 4.28. The number of hydrogen-bond acceptors (Lipinski definition) is 3. The third kappa shape index (κ3) is 4.25. The van der Waals surface area contributed by atoms with Crippen LogP contribution < -0.4 is 5.32 Å². The van der Waals surface area contributed by atoms with Crippen LogP contribution in [0.5, 0.6) is 5.75 Å². The summed E-state index contributed by atoms with van der Waals surface area (Å²) < 4.78 is 1.01. The molecule has 3 nitrogen and oxygen atoms in total. The summed E-state index contributed by atoms with van der Waals surface area (Å²) in [4.78, 5) is 2.45. The number of nitrogens with one attached hydrogen (secondary N) is 1. The quantitative estimate of drug-likeness (QED) is 0.833. The predicted molar refractivity (Wildman–Crippen MR) is 92.5 cm³/mol. The van der Waals surface area contributed by atoms with Crippen molar-refractivity contribution in [2.75, 3.05) is 26.2 Å². The molecule has 1 aliphatic heterocycles. The van der Waals surface area contributed by atoms with E-state index in [4.69, 9.17) is 0 Å². The van der Waals surface area contributed by atoms with E-state index in [-0.39, 0.29) is 24.8 Å². The van der Waals surface area contributed by atoms with Crippen LogP contribution in [0.1, 0.15) is 30.5 Å². The fourth-order valence-corrected chi connectivity index (χ4v) is 3.23. The number of nitrogens with zero attached hydrogens (tertiary/aromatic N) is 1. The first kappa shape index (κ1) is 20.0. The molecule has 1 aliphatic rings. The van der Waals surface area contributed by atoms with Crippen LogP contribution in [0.15, 0.2) is 16.6 Å². The van der Waals surface area contributed by atoms with Crippen molar-refractivity contribution in [3.8, 4) is 5.75 Å². The van der Waals surface area contributed by atoms with Crippen molar-refractivity contribution in [1.29, 1.82) is 0 Å². The van der Waals surface area contributed by atoms with Crippen LogP contribution in [0.3, 0.4) is 0 Å². The van der Waals surface area contributed by atoms with Crippen LogP contribution in [0, 0.1) is 6.92 Å². The van der Waals surface area contributed by atoms with Gasteiger partial charge in [-0.1, -0.05) is 28.9 Å². The number of benzene rings is 1. The number of phenolic OH excluding ortho intramolecular Hbond substituents is 1. The molecule has 0 spiro atoms. The van der Waals surface area contributed by atoms with E-state index in [1.54, 1.807) is 0 Å². The van der Waals surface area contributed by atoms with Crippen molar-refractivity contribution in [3.63, 3.8) is 0 Å². The molecule has 116 valence electrons. The molecule has 0 aliphatic carbocycles. The summed E-state index contributed by atoms with van der Waals surface area (Å²) in [6.45, 7) is 8.27. The van der Waals surface area contributed by atoms with Crippen LogP contribution in [-0.4, -0.2) is 36.2 Å². The molecule has 2 N–H and O–H groups in total. The molecule has 0 unspecified atom stereocenters. The minimum absolute atomic E-state index is 0. The molecule has 6 heteroatoms. The number of phenols is 1. The van der Waals surface area contributed by atoms with E-state index in [2.05, 4.69) is 33.1 Å². The Kier molecular flexibility index (Phi) is 9.11. The lowest BCUT2D eigenvalue weighted by atomic mass is 9.98. The van der Waals surface area contributed by atoms with Crippen LogP contribution in [-0.2, 0) is 0 Å². The normalized spacial score (nSPS) is 16.9. The first-order valence-electron chi connectivity index (χ1n) is 6.58. The molecule has 1 aromatic carbocycles. The highest BCUT2D eigenvalue weighted by Gasteiger charge is 2.25. The van der Waals surface area contributed by atoms with Crippen molar-refractivity contribution >= 4 is 40.7 Å². The molecule has 1 saturated heterocycles. The summed E-state index contributed by atoms with van der Waals surface area (Å²) in [5.41, 5.74) is 1.99. The number of rotatable bonds is 3. The highest BCUT2D eigenvalue weighted by Crippen LogP contribution is 2.38. The third-order valence-corrected chi connectivity index (χ3v) is 4.37. The van der Waals surface area contributed by atoms with Gasteiger partial charge in [0.1, 0.15) is 5.75 Å². The highest BCUT2D eigenvalue weighted by atomic mass is 79.9. The Bertz CT molecular complexity index is 426. The smallest absolute Gasteiger partial charge is 0.124 e. The van der Waals surface area contributed by atoms with Crippen molar-refractivity contribution in [2.24, 2.45) is 0 Å². The molecule has 1 aromatic rings. The van der Waals surface area contributed by atoms with Gasteiger partial charge in [-0.25, -0.2) is 0 Å². The Morgan fingerprint density at radius 1 is 1.30 bits per heavy atom. The van der Waals surface area contributed by atoms with Gasteiger partial charge in [0, 0.05) is 42.3 Å². The number of aryl methyl sites for hydroxylation is 1. The largest absolute Gasteiger partial charge is 0.507 e. The van der Waals surface area contributed by atoms with Gasteiger partial charge in [0.05, 0.1) is 0 Å². The number of aromatic hydroxyl groups is 1. The summed E-state index contributed by atoms with van der Waals surface area (Å²) >= 11 is 3.59. The first-order valence-corrected chi connectivity index (χ1v) is 7.37. The molecule has 0 radical (unpaired) electrons. The Morgan fingerprint density at radius 2 is 1.90 bits per heavy atom. The molecule has 1 atom stereocenters. The van der Waals surface area contributed by atoms with E-state index in [0.717, 1.165) is 48.2 Å². The van der Waals surface area contributed by atoms with Gasteiger partial charge < -0.3 is 10.4 Å². The Labute approximate surface area is 142 Å². The monoisotopic (exact) mass is 384 g/mol. The van der Waals surface area contributed by atoms with Crippen LogP contribution in [0.4, 0.5) is 0 Å². The summed E-state index contributed by atoms with van der Waals surface area (Å²) in [5.74, 6) is 0.440. The van der Waals surface area contributed by atoms with Gasteiger partial charge in [-0.3, -0.25) is 4.90 Å². The topological polar surface area (TPSA) is 35.5 Å². The van der Waals surface area contributed by atoms with Crippen LogP contribution >= 0.6 is 40.7 Å². The van der Waals surface area contributed by atoms with Gasteiger partial charge in [0.2, 0.25) is 0 Å². The van der Waals surface area contributed by atoms with Crippen LogP contribution in [0.2, 0.25) is 0 Å². The SMILES string of the molecule is CC[C@H](c1c(Br)ccc(C)c1O)N1CCNCC1.Cl.Cl. The van der Waals surface area contributed by atoms with E-state index in [1.165, 1.54) is 0 Å². The zero-order valence-corrected chi connectivity index (χ0v) is 15.1. The van der Waals surface area contributed by atoms with Gasteiger partial charge in [-0.05, 0) is 25.0 Å². The molecule has 0 amide bonds. The first-order chi connectivity index (χ1) is 8.65. The maximum absolute atomic E-state index is 10.3. The molecule has 2 rings (SSSR count). The lowest BCUT2D eigenvalue weighted by Crippen LogP contribution is -2.45. The minimum atomic E-state index is 0. The Morgan fingerprint density at radius 3 is 2.45 bits per heavy atom. The van der Waals surface area contributed by atoms with E-state index < -0.39 is 0 Å². The molecule has 0 aromatic heterocycles. The summed E-state index contributed by atoms with van der Waals surface area (Å²) in [6.07, 6.45) is 1.01. The molecular formula is C14H23BrCl2N2O. The third-order valence-electron chi connectivity index (χ3n) is 3.68. The lowest BCUT2D eigenvalue weighted by molar-refractivity contribution is 0.166. The van der Waals surface area contributed by atoms with Crippen LogP contribution in [0.25, 0.3) is 0 Å². The summed E-state index contributed by atoms with van der Waals surface area (Å²) in [7, 11) is 0. The van der Waals surface area contributed by atoms with Gasteiger partial charge in [-0.15, -0.1) is 24.8 Å². The van der Waals surface area contributed by atoms with Crippen molar-refractivity contribution in [1.82, 2.24) is 10.2 Å². The fourth-order valence-electron chi connectivity index (χ4n) is 2.65. The van der Waals surface area contributed by atoms with Gasteiger partial charge in [0.15, 0.2) is 0 Å². The van der Waals surface area contributed by atoms with Gasteiger partial charge >= 0.3 is 0 Å². The minimum Gasteiger partial charge on any atom is -0.507 e. The maximum atomic E-state index is 10.3.